The zero-order valence-corrected chi connectivity index (χ0v) is 15.0. The lowest BCUT2D eigenvalue weighted by molar-refractivity contribution is 0.178. The fraction of sp³-hybridized carbons (Fsp3) is 0.588. The van der Waals surface area contributed by atoms with Crippen molar-refractivity contribution in [1.29, 1.82) is 0 Å². The third-order valence-corrected chi connectivity index (χ3v) is 4.36. The number of hydrogen-bond donors (Lipinski definition) is 2. The number of hydrogen-bond acceptors (Lipinski definition) is 7. The zero-order valence-electron chi connectivity index (χ0n) is 14.3. The van der Waals surface area contributed by atoms with Crippen LogP contribution in [-0.2, 0) is 0 Å². The second-order valence-corrected chi connectivity index (χ2v) is 6.57. The van der Waals surface area contributed by atoms with Crippen LogP contribution in [0.4, 0.5) is 0 Å². The smallest absolute Gasteiger partial charge is 0.340 e. The van der Waals surface area contributed by atoms with E-state index in [4.69, 9.17) is 21.3 Å². The molecule has 25 heavy (non-hydrogen) atoms. The van der Waals surface area contributed by atoms with Crippen LogP contribution in [0.1, 0.15) is 64.2 Å². The molecule has 0 unspecified atom stereocenters. The summed E-state index contributed by atoms with van der Waals surface area (Å²) in [5.74, 6) is 0. The highest BCUT2D eigenvalue weighted by Gasteiger charge is 2.11. The first-order valence-electron chi connectivity index (χ1n) is 8.95. The summed E-state index contributed by atoms with van der Waals surface area (Å²) in [4.78, 5) is 22.9. The molecule has 0 radical (unpaired) electrons. The molecule has 7 nitrogen and oxygen atoms in total. The molecule has 3 rings (SSSR count). The summed E-state index contributed by atoms with van der Waals surface area (Å²) in [6, 6.07) is 0.161. The van der Waals surface area contributed by atoms with Crippen LogP contribution in [0.15, 0.2) is 23.5 Å². The first kappa shape index (κ1) is 17.8. The second kappa shape index (κ2) is 9.46. The Morgan fingerprint density at radius 2 is 1.24 bits per heavy atom. The largest absolute Gasteiger partial charge is 0.350 e. The van der Waals surface area contributed by atoms with Gasteiger partial charge in [-0.15, -0.1) is 4.98 Å². The molecule has 2 aliphatic carbocycles. The summed E-state index contributed by atoms with van der Waals surface area (Å²) in [6.45, 7) is 0. The van der Waals surface area contributed by atoms with Crippen molar-refractivity contribution in [1.82, 2.24) is 25.9 Å². The van der Waals surface area contributed by atoms with E-state index in [0.29, 0.717) is 0 Å². The van der Waals surface area contributed by atoms with Gasteiger partial charge in [0.25, 0.3) is 0 Å². The molecule has 0 atom stereocenters. The van der Waals surface area contributed by atoms with E-state index in [9.17, 15) is 0 Å². The minimum absolute atomic E-state index is 0.0216. The number of rotatable bonds is 6. The Labute approximate surface area is 152 Å². The normalized spacial score (nSPS) is 18.3. The van der Waals surface area contributed by atoms with E-state index in [1.807, 2.05) is 0 Å². The molecule has 0 saturated carbocycles. The highest BCUT2D eigenvalue weighted by molar-refractivity contribution is 6.28. The fourth-order valence-corrected chi connectivity index (χ4v) is 2.99. The summed E-state index contributed by atoms with van der Waals surface area (Å²) in [7, 11) is 0. The van der Waals surface area contributed by atoms with Crippen molar-refractivity contribution < 1.29 is 9.68 Å². The fourth-order valence-electron chi connectivity index (χ4n) is 2.84. The average Bonchev–Trinajstić information content (AvgIpc) is 3.03. The first-order chi connectivity index (χ1) is 12.3. The van der Waals surface area contributed by atoms with Gasteiger partial charge in [0.2, 0.25) is 5.28 Å². The molecule has 0 aromatic carbocycles. The molecule has 0 aliphatic heterocycles. The summed E-state index contributed by atoms with van der Waals surface area (Å²) in [6.07, 6.45) is 15.5. The highest BCUT2D eigenvalue weighted by atomic mass is 35.5. The molecule has 2 aliphatic rings. The number of aromatic nitrogens is 3. The van der Waals surface area contributed by atoms with Gasteiger partial charge in [-0.25, -0.2) is 11.0 Å². The summed E-state index contributed by atoms with van der Waals surface area (Å²) in [5, 5.41) is 0.0216. The summed E-state index contributed by atoms with van der Waals surface area (Å²) in [5.41, 5.74) is 7.90. The Morgan fingerprint density at radius 3 is 1.76 bits per heavy atom. The molecular weight excluding hydrogens is 342 g/mol. The van der Waals surface area contributed by atoms with Gasteiger partial charge in [0.1, 0.15) is 0 Å². The molecule has 2 N–H and O–H groups in total. The monoisotopic (exact) mass is 365 g/mol. The summed E-state index contributed by atoms with van der Waals surface area (Å²) < 4.78 is 0. The number of nitrogens with one attached hydrogen (secondary N) is 2. The van der Waals surface area contributed by atoms with Crippen LogP contribution < -0.4 is 20.6 Å². The van der Waals surface area contributed by atoms with Crippen LogP contribution in [0.2, 0.25) is 5.28 Å². The van der Waals surface area contributed by atoms with Crippen molar-refractivity contribution in [3.63, 3.8) is 0 Å². The Hall–Kier alpha value is -2.02. The van der Waals surface area contributed by atoms with Gasteiger partial charge in [-0.05, 0) is 63.0 Å². The van der Waals surface area contributed by atoms with E-state index in [1.54, 1.807) is 0 Å². The topological polar surface area (TPSA) is 81.2 Å². The third-order valence-electron chi connectivity index (χ3n) is 4.20. The minimum Gasteiger partial charge on any atom is -0.340 e. The number of nitrogens with zero attached hydrogens (tertiary/aromatic N) is 3. The molecule has 0 spiro atoms. The Balaban J connectivity index is 1.56. The van der Waals surface area contributed by atoms with Crippen molar-refractivity contribution in [2.75, 3.05) is 0 Å². The molecule has 136 valence electrons. The summed E-state index contributed by atoms with van der Waals surface area (Å²) >= 11 is 5.94. The number of allylic oxidation sites excluding steroid dienone is 4. The Morgan fingerprint density at radius 1 is 0.720 bits per heavy atom. The van der Waals surface area contributed by atoms with E-state index < -0.39 is 0 Å². The van der Waals surface area contributed by atoms with Gasteiger partial charge in [-0.3, -0.25) is 0 Å². The maximum Gasteiger partial charge on any atom is 0.350 e. The SMILES string of the molecule is Clc1nc(ONC2=CCCCCC2)nc(ONC2=CCCCCC2)n1. The zero-order chi connectivity index (χ0) is 17.3. The average molecular weight is 366 g/mol. The molecule has 0 amide bonds. The third kappa shape index (κ3) is 6.08. The van der Waals surface area contributed by atoms with Crippen molar-refractivity contribution in [2.24, 2.45) is 0 Å². The highest BCUT2D eigenvalue weighted by Crippen LogP contribution is 2.18. The van der Waals surface area contributed by atoms with Gasteiger partial charge < -0.3 is 9.68 Å². The lowest BCUT2D eigenvalue weighted by atomic mass is 10.2. The van der Waals surface area contributed by atoms with Crippen LogP contribution in [0.3, 0.4) is 0 Å². The Bertz CT molecular complexity index is 585. The maximum atomic E-state index is 5.94. The molecular formula is C17H24ClN5O2. The predicted octanol–water partition coefficient (Wildman–Crippen LogP) is 3.99. The first-order valence-corrected chi connectivity index (χ1v) is 9.33. The van der Waals surface area contributed by atoms with E-state index in [1.165, 1.54) is 25.7 Å². The van der Waals surface area contributed by atoms with Gasteiger partial charge in [0.15, 0.2) is 0 Å². The molecule has 0 saturated heterocycles. The van der Waals surface area contributed by atoms with Crippen LogP contribution >= 0.6 is 11.6 Å². The lowest BCUT2D eigenvalue weighted by Gasteiger charge is -2.11. The molecule has 1 aromatic heterocycles. The van der Waals surface area contributed by atoms with Crippen molar-refractivity contribution in [3.8, 4) is 12.0 Å². The van der Waals surface area contributed by atoms with Gasteiger partial charge in [-0.1, -0.05) is 25.0 Å². The van der Waals surface area contributed by atoms with Gasteiger partial charge in [0, 0.05) is 11.4 Å². The maximum absolute atomic E-state index is 5.94. The Kier molecular flexibility index (Phi) is 6.73. The molecule has 0 bridgehead atoms. The quantitative estimate of drug-likeness (QED) is 0.737. The van der Waals surface area contributed by atoms with Crippen LogP contribution in [0.5, 0.6) is 12.0 Å². The van der Waals surface area contributed by atoms with Crippen molar-refractivity contribution in [3.05, 3.63) is 28.8 Å². The van der Waals surface area contributed by atoms with Crippen molar-refractivity contribution >= 4 is 11.6 Å². The van der Waals surface area contributed by atoms with Gasteiger partial charge >= 0.3 is 12.0 Å². The van der Waals surface area contributed by atoms with E-state index in [-0.39, 0.29) is 17.3 Å². The predicted molar refractivity (Wildman–Crippen MR) is 94.7 cm³/mol. The number of halogens is 1. The van der Waals surface area contributed by atoms with E-state index >= 15 is 0 Å². The standard InChI is InChI=1S/C17H24ClN5O2/c18-15-19-16(24-22-13-9-5-1-2-6-10-13)21-17(20-15)25-23-14-11-7-3-4-8-12-14/h9,11,22-23H,1-8,10,12H2. The van der Waals surface area contributed by atoms with Crippen LogP contribution in [0.25, 0.3) is 0 Å². The molecule has 1 heterocycles. The van der Waals surface area contributed by atoms with E-state index in [2.05, 4.69) is 38.1 Å². The lowest BCUT2D eigenvalue weighted by Crippen LogP contribution is -2.22. The van der Waals surface area contributed by atoms with E-state index in [0.717, 1.165) is 49.9 Å². The molecule has 0 fully saturated rings. The number of hydroxylamine groups is 2. The van der Waals surface area contributed by atoms with Crippen LogP contribution in [0, 0.1) is 0 Å². The molecule has 8 heteroatoms. The minimum atomic E-state index is 0.0216. The second-order valence-electron chi connectivity index (χ2n) is 6.24. The van der Waals surface area contributed by atoms with Crippen LogP contribution in [-0.4, -0.2) is 15.0 Å². The molecule has 1 aromatic rings. The van der Waals surface area contributed by atoms with Gasteiger partial charge in [-0.2, -0.15) is 9.97 Å². The van der Waals surface area contributed by atoms with Gasteiger partial charge in [0.05, 0.1) is 0 Å². The van der Waals surface area contributed by atoms with Crippen molar-refractivity contribution in [2.45, 2.75) is 64.2 Å².